The maximum absolute atomic E-state index is 11.2. The van der Waals surface area contributed by atoms with Gasteiger partial charge in [-0.25, -0.2) is 4.79 Å². The molecule has 0 aromatic rings. The minimum atomic E-state index is -0.746. The fourth-order valence-corrected chi connectivity index (χ4v) is 2.74. The summed E-state index contributed by atoms with van der Waals surface area (Å²) in [5.41, 5.74) is -0.263. The van der Waals surface area contributed by atoms with Crippen molar-refractivity contribution < 1.29 is 24.2 Å². The molecule has 6 nitrogen and oxygen atoms in total. The van der Waals surface area contributed by atoms with Crippen LogP contribution < -0.4 is 5.32 Å². The molecule has 2 N–H and O–H groups in total. The molecule has 0 aromatic carbocycles. The molecule has 1 aliphatic heterocycles. The average molecular weight is 269 g/mol. The minimum absolute atomic E-state index is 0.0500. The second-order valence-electron chi connectivity index (χ2n) is 5.17. The number of carbonyl (C=O) groups is 2. The zero-order valence-corrected chi connectivity index (χ0v) is 10.8. The number of alkyl carbamates (subject to hydrolysis) is 1. The highest BCUT2D eigenvalue weighted by Crippen LogP contribution is 2.49. The second kappa shape index (κ2) is 5.61. The molecule has 0 aromatic heterocycles. The van der Waals surface area contributed by atoms with Gasteiger partial charge in [0.2, 0.25) is 0 Å². The van der Waals surface area contributed by atoms with Crippen molar-refractivity contribution in [1.82, 2.24) is 5.32 Å². The zero-order chi connectivity index (χ0) is 13.9. The first kappa shape index (κ1) is 13.9. The Balaban J connectivity index is 1.67. The number of hydrogen-bond acceptors (Lipinski definition) is 4. The van der Waals surface area contributed by atoms with Gasteiger partial charge in [-0.3, -0.25) is 4.79 Å². The second-order valence-corrected chi connectivity index (χ2v) is 5.17. The summed E-state index contributed by atoms with van der Waals surface area (Å²) in [6.45, 7) is 4.03. The SMILES string of the molecule is C=CCOC(=O)NCC1CCC2(CC(C(=O)O)C2)O1. The molecule has 6 heteroatoms. The van der Waals surface area contributed by atoms with Crippen molar-refractivity contribution in [3.8, 4) is 0 Å². The number of nitrogens with one attached hydrogen (secondary N) is 1. The first-order chi connectivity index (χ1) is 9.04. The van der Waals surface area contributed by atoms with Crippen LogP contribution in [0.15, 0.2) is 12.7 Å². The van der Waals surface area contributed by atoms with Crippen LogP contribution >= 0.6 is 0 Å². The maximum Gasteiger partial charge on any atom is 0.407 e. The molecule has 0 bridgehead atoms. The summed E-state index contributed by atoms with van der Waals surface area (Å²) in [4.78, 5) is 22.0. The number of aliphatic carboxylic acids is 1. The number of rotatable bonds is 5. The summed E-state index contributed by atoms with van der Waals surface area (Å²) < 4.78 is 10.7. The molecular formula is C13H19NO5. The predicted molar refractivity (Wildman–Crippen MR) is 66.7 cm³/mol. The van der Waals surface area contributed by atoms with Crippen molar-refractivity contribution >= 4 is 12.1 Å². The fourth-order valence-electron chi connectivity index (χ4n) is 2.74. The van der Waals surface area contributed by atoms with Crippen LogP contribution in [-0.4, -0.2) is 42.0 Å². The molecule has 1 unspecified atom stereocenters. The van der Waals surface area contributed by atoms with Gasteiger partial charge in [-0.1, -0.05) is 12.7 Å². The molecule has 1 amide bonds. The average Bonchev–Trinajstić information content (AvgIpc) is 2.76. The molecule has 1 saturated carbocycles. The minimum Gasteiger partial charge on any atom is -0.481 e. The van der Waals surface area contributed by atoms with Gasteiger partial charge in [0, 0.05) is 6.54 Å². The zero-order valence-electron chi connectivity index (χ0n) is 10.8. The number of hydrogen-bond donors (Lipinski definition) is 2. The highest BCUT2D eigenvalue weighted by Gasteiger charge is 2.52. The maximum atomic E-state index is 11.2. The molecule has 106 valence electrons. The van der Waals surface area contributed by atoms with Gasteiger partial charge in [0.1, 0.15) is 6.61 Å². The van der Waals surface area contributed by atoms with Crippen LogP contribution in [0.3, 0.4) is 0 Å². The monoisotopic (exact) mass is 269 g/mol. The highest BCUT2D eigenvalue weighted by molar-refractivity contribution is 5.71. The van der Waals surface area contributed by atoms with E-state index in [2.05, 4.69) is 11.9 Å². The number of ether oxygens (including phenoxy) is 2. The van der Waals surface area contributed by atoms with Gasteiger partial charge in [-0.05, 0) is 25.7 Å². The van der Waals surface area contributed by atoms with Crippen LogP contribution in [0.4, 0.5) is 4.79 Å². The lowest BCUT2D eigenvalue weighted by molar-refractivity contribution is -0.164. The Bertz CT molecular complexity index is 375. The Kier molecular flexibility index (Phi) is 4.09. The van der Waals surface area contributed by atoms with Crippen molar-refractivity contribution in [1.29, 1.82) is 0 Å². The quantitative estimate of drug-likeness (QED) is 0.735. The van der Waals surface area contributed by atoms with Crippen LogP contribution in [0.1, 0.15) is 25.7 Å². The number of carbonyl (C=O) groups excluding carboxylic acids is 1. The molecule has 2 fully saturated rings. The van der Waals surface area contributed by atoms with Gasteiger partial charge in [0.15, 0.2) is 0 Å². The van der Waals surface area contributed by atoms with Gasteiger partial charge in [-0.15, -0.1) is 0 Å². The van der Waals surface area contributed by atoms with Crippen LogP contribution in [0.2, 0.25) is 0 Å². The smallest absolute Gasteiger partial charge is 0.407 e. The van der Waals surface area contributed by atoms with E-state index in [-0.39, 0.29) is 24.2 Å². The predicted octanol–water partition coefficient (Wildman–Crippen LogP) is 1.31. The van der Waals surface area contributed by atoms with Gasteiger partial charge < -0.3 is 19.9 Å². The largest absolute Gasteiger partial charge is 0.481 e. The van der Waals surface area contributed by atoms with Crippen LogP contribution in [0, 0.1) is 5.92 Å². The third-order valence-electron chi connectivity index (χ3n) is 3.73. The standard InChI is InChI=1S/C13H19NO5/c1-2-5-18-12(17)14-8-10-3-4-13(19-10)6-9(7-13)11(15)16/h2,9-10H,1,3-8H2,(H,14,17)(H,15,16). The Morgan fingerprint density at radius 3 is 2.89 bits per heavy atom. The van der Waals surface area contributed by atoms with E-state index in [9.17, 15) is 9.59 Å². The Labute approximate surface area is 111 Å². The first-order valence-electron chi connectivity index (χ1n) is 6.47. The highest BCUT2D eigenvalue weighted by atomic mass is 16.5. The topological polar surface area (TPSA) is 84.9 Å². The lowest BCUT2D eigenvalue weighted by atomic mass is 9.69. The van der Waals surface area contributed by atoms with E-state index in [1.165, 1.54) is 6.08 Å². The third-order valence-corrected chi connectivity index (χ3v) is 3.73. The van der Waals surface area contributed by atoms with Crippen molar-refractivity contribution in [2.45, 2.75) is 37.4 Å². The summed E-state index contributed by atoms with van der Waals surface area (Å²) in [5, 5.41) is 11.5. The van der Waals surface area contributed by atoms with E-state index in [0.29, 0.717) is 19.4 Å². The van der Waals surface area contributed by atoms with Gasteiger partial charge in [0.25, 0.3) is 0 Å². The molecular weight excluding hydrogens is 250 g/mol. The summed E-state index contributed by atoms with van der Waals surface area (Å²) in [6.07, 6.45) is 3.84. The van der Waals surface area contributed by atoms with E-state index < -0.39 is 12.1 Å². The number of carboxylic acids is 1. The number of amides is 1. The van der Waals surface area contributed by atoms with Crippen LogP contribution in [0.5, 0.6) is 0 Å². The molecule has 1 spiro atoms. The van der Waals surface area contributed by atoms with E-state index in [0.717, 1.165) is 12.8 Å². The third kappa shape index (κ3) is 3.26. The number of carboxylic acid groups (broad SMARTS) is 1. The molecule has 19 heavy (non-hydrogen) atoms. The van der Waals surface area contributed by atoms with Crippen LogP contribution in [-0.2, 0) is 14.3 Å². The van der Waals surface area contributed by atoms with E-state index in [4.69, 9.17) is 14.6 Å². The molecule has 2 rings (SSSR count). The Hall–Kier alpha value is -1.56. The van der Waals surface area contributed by atoms with E-state index in [1.54, 1.807) is 0 Å². The van der Waals surface area contributed by atoms with Crippen LogP contribution in [0.25, 0.3) is 0 Å². The normalized spacial score (nSPS) is 32.6. The molecule has 0 radical (unpaired) electrons. The molecule has 2 aliphatic rings. The Morgan fingerprint density at radius 2 is 2.26 bits per heavy atom. The summed E-state index contributed by atoms with van der Waals surface area (Å²) in [6, 6.07) is 0. The first-order valence-corrected chi connectivity index (χ1v) is 6.47. The van der Waals surface area contributed by atoms with Crippen molar-refractivity contribution in [2.75, 3.05) is 13.2 Å². The van der Waals surface area contributed by atoms with Crippen molar-refractivity contribution in [2.24, 2.45) is 5.92 Å². The molecule has 1 heterocycles. The van der Waals surface area contributed by atoms with Gasteiger partial charge in [0.05, 0.1) is 17.6 Å². The van der Waals surface area contributed by atoms with Crippen molar-refractivity contribution in [3.05, 3.63) is 12.7 Å². The van der Waals surface area contributed by atoms with Crippen molar-refractivity contribution in [3.63, 3.8) is 0 Å². The van der Waals surface area contributed by atoms with E-state index >= 15 is 0 Å². The molecule has 1 atom stereocenters. The van der Waals surface area contributed by atoms with Gasteiger partial charge in [-0.2, -0.15) is 0 Å². The van der Waals surface area contributed by atoms with Gasteiger partial charge >= 0.3 is 12.1 Å². The fraction of sp³-hybridized carbons (Fsp3) is 0.692. The molecule has 1 aliphatic carbocycles. The molecule has 1 saturated heterocycles. The Morgan fingerprint density at radius 1 is 1.53 bits per heavy atom. The lowest BCUT2D eigenvalue weighted by Gasteiger charge is -2.42. The lowest BCUT2D eigenvalue weighted by Crippen LogP contribution is -2.47. The summed E-state index contributed by atoms with van der Waals surface area (Å²) >= 11 is 0. The summed E-state index contributed by atoms with van der Waals surface area (Å²) in [7, 11) is 0. The summed E-state index contributed by atoms with van der Waals surface area (Å²) in [5.74, 6) is -1.02. The van der Waals surface area contributed by atoms with E-state index in [1.807, 2.05) is 0 Å².